The van der Waals surface area contributed by atoms with E-state index in [1.165, 1.54) is 0 Å². The zero-order valence-corrected chi connectivity index (χ0v) is 23.1. The molecule has 0 saturated carbocycles. The molecule has 9 aromatic rings. The molecule has 0 N–H and O–H groups in total. The first-order valence-corrected chi connectivity index (χ1v) is 13.6. The van der Waals surface area contributed by atoms with Crippen molar-refractivity contribution in [2.24, 2.45) is 0 Å². The van der Waals surface area contributed by atoms with Crippen molar-refractivity contribution in [3.63, 3.8) is 0 Å². The zero-order valence-electron chi connectivity index (χ0n) is 52.1. The smallest absolute Gasteiger partial charge is 0.0622 e. The summed E-state index contributed by atoms with van der Waals surface area (Å²) < 4.78 is 261. The average molecular weight is 612 g/mol. The van der Waals surface area contributed by atoms with Crippen LogP contribution in [0.3, 0.4) is 0 Å². The first kappa shape index (κ1) is 10.3. The zero-order chi connectivity index (χ0) is 55.7. The highest BCUT2D eigenvalue weighted by atomic mass is 14.2. The third-order valence-corrected chi connectivity index (χ3v) is 7.26. The molecule has 46 heavy (non-hydrogen) atoms. The van der Waals surface area contributed by atoms with E-state index in [1.54, 1.807) is 0 Å². The first-order valence-electron chi connectivity index (χ1n) is 28.1. The molecular formula is C46H30. The minimum Gasteiger partial charge on any atom is -0.0622 e. The summed E-state index contributed by atoms with van der Waals surface area (Å²) in [6.45, 7) is 0. The molecule has 9 aromatic carbocycles. The van der Waals surface area contributed by atoms with Crippen molar-refractivity contribution in [1.29, 1.82) is 0 Å². The minimum atomic E-state index is -1.12. The molecular weight excluding hydrogens is 553 g/mol. The summed E-state index contributed by atoms with van der Waals surface area (Å²) in [5.41, 5.74) is -6.41. The van der Waals surface area contributed by atoms with Gasteiger partial charge in [-0.25, -0.2) is 0 Å². The van der Waals surface area contributed by atoms with Crippen molar-refractivity contribution in [2.45, 2.75) is 0 Å². The Kier molecular flexibility index (Phi) is 2.43. The summed E-state index contributed by atoms with van der Waals surface area (Å²) in [5.74, 6) is 0. The van der Waals surface area contributed by atoms with Crippen LogP contribution < -0.4 is 0 Å². The largest absolute Gasteiger partial charge is 0.0636 e. The minimum absolute atomic E-state index is 0.549. The molecule has 0 spiro atoms. The van der Waals surface area contributed by atoms with E-state index in [4.69, 9.17) is 27.4 Å². The predicted molar refractivity (Wildman–Crippen MR) is 198 cm³/mol. The molecule has 0 aliphatic heterocycles. The summed E-state index contributed by atoms with van der Waals surface area (Å²) in [4.78, 5) is 0. The maximum absolute atomic E-state index is 10.1. The highest BCUT2D eigenvalue weighted by molar-refractivity contribution is 6.24. The highest BCUT2D eigenvalue weighted by Crippen LogP contribution is 2.46. The lowest BCUT2D eigenvalue weighted by Crippen LogP contribution is -1.93. The Morgan fingerprint density at radius 1 is 0.283 bits per heavy atom. The normalized spacial score (nSPS) is 20.3. The van der Waals surface area contributed by atoms with Crippen LogP contribution in [0.1, 0.15) is 39.8 Å². The third-order valence-electron chi connectivity index (χ3n) is 7.26. The lowest BCUT2D eigenvalue weighted by Gasteiger charge is -2.20. The van der Waals surface area contributed by atoms with Gasteiger partial charge in [0.2, 0.25) is 0 Å². The molecule has 0 saturated heterocycles. The third kappa shape index (κ3) is 4.38. The van der Waals surface area contributed by atoms with Gasteiger partial charge in [0.05, 0.1) is 39.8 Å². The predicted octanol–water partition coefficient (Wildman–Crippen LogP) is 13.0. The first-order chi connectivity index (χ1) is 34.9. The van der Waals surface area contributed by atoms with E-state index in [-0.39, 0.29) is 0 Å². The van der Waals surface area contributed by atoms with Gasteiger partial charge in [-0.15, -0.1) is 0 Å². The Morgan fingerprint density at radius 3 is 1.74 bits per heavy atom. The van der Waals surface area contributed by atoms with Gasteiger partial charge in [0.1, 0.15) is 0 Å². The molecule has 0 aromatic heterocycles. The van der Waals surface area contributed by atoms with E-state index in [0.717, 1.165) is 6.07 Å². The standard InChI is InChI=1S/C46H30/c1-2-12-31(13-3-1)37-26-27-43-44(30-37)45(38-19-10-18-35(29-38)36-25-24-32-14-4-5-16-34(32)28-36)41-21-8-9-22-42(41)46(43)40-23-11-17-33-15-6-7-20-39(33)40/h1-30H/i1D,2D,3D,4D,5D,6D,7D,8D,9D,10D,11D,12D,13D,14D,15D,16D,17D,19D,20D,21D,22D,23D,24D,25D,26D,27D,28D,29D,30D. The van der Waals surface area contributed by atoms with Crippen LogP contribution in [-0.4, -0.2) is 0 Å². The lowest BCUT2D eigenvalue weighted by atomic mass is 9.83. The number of fused-ring (bicyclic) bond motifs is 4. The van der Waals surface area contributed by atoms with Gasteiger partial charge in [-0.2, -0.15) is 0 Å². The topological polar surface area (TPSA) is 0 Å². The Labute approximate surface area is 309 Å². The number of hydrogen-bond donors (Lipinski definition) is 0. The number of rotatable bonds is 4. The highest BCUT2D eigenvalue weighted by Gasteiger charge is 2.19. The molecule has 0 heterocycles. The van der Waals surface area contributed by atoms with Crippen LogP contribution in [0.5, 0.6) is 0 Å². The van der Waals surface area contributed by atoms with E-state index in [2.05, 4.69) is 0 Å². The van der Waals surface area contributed by atoms with Gasteiger partial charge in [-0.05, 0) is 106 Å². The van der Waals surface area contributed by atoms with E-state index in [9.17, 15) is 12.3 Å². The second kappa shape index (κ2) is 10.9. The monoisotopic (exact) mass is 611 g/mol. The molecule has 0 radical (unpaired) electrons. The molecule has 0 unspecified atom stereocenters. The van der Waals surface area contributed by atoms with Gasteiger partial charge in [-0.3, -0.25) is 0 Å². The van der Waals surface area contributed by atoms with Crippen LogP contribution >= 0.6 is 0 Å². The van der Waals surface area contributed by atoms with Crippen LogP contribution in [0, 0.1) is 0 Å². The van der Waals surface area contributed by atoms with E-state index < -0.39 is 263 Å². The maximum Gasteiger partial charge on any atom is 0.0636 e. The van der Waals surface area contributed by atoms with Crippen molar-refractivity contribution in [2.75, 3.05) is 0 Å². The Morgan fingerprint density at radius 2 is 0.891 bits per heavy atom. The molecule has 0 aliphatic rings. The summed E-state index contributed by atoms with van der Waals surface area (Å²) in [5, 5.41) is -5.82. The van der Waals surface area contributed by atoms with Gasteiger partial charge in [0.15, 0.2) is 0 Å². The number of benzene rings is 9. The van der Waals surface area contributed by atoms with E-state index in [0.29, 0.717) is 0 Å². The van der Waals surface area contributed by atoms with Crippen molar-refractivity contribution in [1.82, 2.24) is 0 Å². The molecule has 214 valence electrons. The van der Waals surface area contributed by atoms with Gasteiger partial charge in [0, 0.05) is 0 Å². The molecule has 0 amide bonds. The summed E-state index contributed by atoms with van der Waals surface area (Å²) in [6.07, 6.45) is 0. The van der Waals surface area contributed by atoms with Crippen molar-refractivity contribution in [3.8, 4) is 44.5 Å². The van der Waals surface area contributed by atoms with Crippen LogP contribution in [0.4, 0.5) is 0 Å². The fourth-order valence-electron chi connectivity index (χ4n) is 5.28. The van der Waals surface area contributed by atoms with Crippen molar-refractivity contribution < 1.29 is 39.8 Å². The Balaban J connectivity index is 1.67. The van der Waals surface area contributed by atoms with Gasteiger partial charge >= 0.3 is 0 Å². The van der Waals surface area contributed by atoms with Crippen molar-refractivity contribution >= 4 is 43.1 Å². The van der Waals surface area contributed by atoms with Crippen LogP contribution in [-0.2, 0) is 0 Å². The van der Waals surface area contributed by atoms with E-state index >= 15 is 0 Å². The Bertz CT molecular complexity index is 4180. The summed E-state index contributed by atoms with van der Waals surface area (Å²) in [7, 11) is 0. The fourth-order valence-corrected chi connectivity index (χ4v) is 5.28. The molecule has 0 heteroatoms. The quantitative estimate of drug-likeness (QED) is 0.174. The molecule has 0 bridgehead atoms. The molecule has 0 atom stereocenters. The van der Waals surface area contributed by atoms with Gasteiger partial charge in [0.25, 0.3) is 0 Å². The fraction of sp³-hybridized carbons (Fsp3) is 0. The average Bonchev–Trinajstić information content (AvgIpc) is 3.37. The van der Waals surface area contributed by atoms with Gasteiger partial charge < -0.3 is 0 Å². The molecule has 0 aliphatic carbocycles. The molecule has 0 nitrogen and oxygen atoms in total. The van der Waals surface area contributed by atoms with Crippen LogP contribution in [0.2, 0.25) is 0 Å². The summed E-state index contributed by atoms with van der Waals surface area (Å²) >= 11 is 0. The molecule has 9 rings (SSSR count). The maximum atomic E-state index is 10.1. The van der Waals surface area contributed by atoms with E-state index in [1.807, 2.05) is 0 Å². The SMILES string of the molecule is [2H]c1cc(-c2c([2H])c([2H])c3c([2H])c([2H])c([2H])c([2H])c3c2[2H])c([2H])c(-c2c3c([2H])c([2H])c([2H])c([2H])c3c(-c3c([2H])c([2H])c([2H])c4c([2H])c([2H])c([2H])c([2H])c34)c3c([2H])c([2H])c(-c4c([2H])c([2H])c([2H])c([2H])c4[2H])c([2H])c23)c1[2H]. The van der Waals surface area contributed by atoms with Crippen LogP contribution in [0.25, 0.3) is 87.6 Å². The number of hydrogen-bond acceptors (Lipinski definition) is 0. The summed E-state index contributed by atoms with van der Waals surface area (Å²) in [6, 6.07) is -26.9. The second-order valence-corrected chi connectivity index (χ2v) is 9.83. The molecule has 0 fully saturated rings. The second-order valence-electron chi connectivity index (χ2n) is 9.83. The lowest BCUT2D eigenvalue weighted by molar-refractivity contribution is 1.62. The Hall–Kier alpha value is -5.98. The van der Waals surface area contributed by atoms with Gasteiger partial charge in [-0.1, -0.05) is 163 Å². The van der Waals surface area contributed by atoms with Crippen molar-refractivity contribution in [3.05, 3.63) is 181 Å². The van der Waals surface area contributed by atoms with Crippen LogP contribution in [0.15, 0.2) is 181 Å².